The van der Waals surface area contributed by atoms with E-state index in [-0.39, 0.29) is 5.41 Å². The van der Waals surface area contributed by atoms with Crippen molar-refractivity contribution in [3.63, 3.8) is 0 Å². The van der Waals surface area contributed by atoms with Gasteiger partial charge in [-0.05, 0) is 17.2 Å². The van der Waals surface area contributed by atoms with Crippen molar-refractivity contribution in [1.29, 1.82) is 0 Å². The molecule has 1 heterocycles. The molecule has 1 aliphatic rings. The quantitative estimate of drug-likeness (QED) is 0.514. The van der Waals surface area contributed by atoms with Gasteiger partial charge in [-0.3, -0.25) is 0 Å². The van der Waals surface area contributed by atoms with Crippen LogP contribution in [0.25, 0.3) is 21.2 Å². The molecular formula is C17H14S. The highest BCUT2D eigenvalue weighted by molar-refractivity contribution is 7.20. The Kier molecular flexibility index (Phi) is 1.86. The molecule has 0 aliphatic heterocycles. The fraction of sp³-hybridized carbons (Fsp3) is 0.176. The molecule has 0 atom stereocenters. The molecule has 3 aromatic rings. The average molecular weight is 250 g/mol. The van der Waals surface area contributed by atoms with Crippen molar-refractivity contribution in [2.75, 3.05) is 0 Å². The Morgan fingerprint density at radius 3 is 2.50 bits per heavy atom. The lowest BCUT2D eigenvalue weighted by Gasteiger charge is -2.19. The maximum absolute atomic E-state index is 2.34. The summed E-state index contributed by atoms with van der Waals surface area (Å²) in [4.78, 5) is 1.52. The third kappa shape index (κ3) is 1.10. The SMILES string of the molecule is CC1(C)c2ccccc2-c2c1sc1ccccc21. The van der Waals surface area contributed by atoms with Crippen LogP contribution in [0.4, 0.5) is 0 Å². The molecule has 0 N–H and O–H groups in total. The summed E-state index contributed by atoms with van der Waals surface area (Å²) in [5, 5.41) is 1.41. The fourth-order valence-electron chi connectivity index (χ4n) is 3.12. The first kappa shape index (κ1) is 10.3. The molecule has 0 unspecified atom stereocenters. The summed E-state index contributed by atoms with van der Waals surface area (Å²) >= 11 is 1.95. The molecule has 2 aromatic carbocycles. The van der Waals surface area contributed by atoms with E-state index >= 15 is 0 Å². The standard InChI is InChI=1S/C17H14S/c1-17(2)13-9-5-3-7-11(13)15-12-8-4-6-10-14(12)18-16(15)17/h3-10H,1-2H3. The van der Waals surface area contributed by atoms with Crippen molar-refractivity contribution >= 4 is 21.4 Å². The molecule has 1 heteroatoms. The number of rotatable bonds is 0. The van der Waals surface area contributed by atoms with Crippen LogP contribution in [0.1, 0.15) is 24.3 Å². The van der Waals surface area contributed by atoms with Crippen molar-refractivity contribution in [2.24, 2.45) is 0 Å². The molecule has 0 nitrogen and oxygen atoms in total. The van der Waals surface area contributed by atoms with Crippen LogP contribution < -0.4 is 0 Å². The molecule has 4 rings (SSSR count). The molecule has 0 radical (unpaired) electrons. The van der Waals surface area contributed by atoms with Crippen LogP contribution in [0.3, 0.4) is 0 Å². The van der Waals surface area contributed by atoms with Crippen molar-refractivity contribution < 1.29 is 0 Å². The lowest BCUT2D eigenvalue weighted by Crippen LogP contribution is -2.13. The lowest BCUT2D eigenvalue weighted by molar-refractivity contribution is 0.674. The smallest absolute Gasteiger partial charge is 0.0352 e. The molecule has 1 aliphatic carbocycles. The van der Waals surface area contributed by atoms with Gasteiger partial charge in [0.15, 0.2) is 0 Å². The predicted molar refractivity (Wildman–Crippen MR) is 79.4 cm³/mol. The first-order valence-electron chi connectivity index (χ1n) is 6.31. The average Bonchev–Trinajstić information content (AvgIpc) is 2.87. The summed E-state index contributed by atoms with van der Waals surface area (Å²) in [5.41, 5.74) is 4.51. The second kappa shape index (κ2) is 3.24. The van der Waals surface area contributed by atoms with Gasteiger partial charge in [0.2, 0.25) is 0 Å². The number of fused-ring (bicyclic) bond motifs is 5. The summed E-state index contributed by atoms with van der Waals surface area (Å²) < 4.78 is 1.41. The van der Waals surface area contributed by atoms with E-state index in [1.54, 1.807) is 0 Å². The Morgan fingerprint density at radius 2 is 1.61 bits per heavy atom. The highest BCUT2D eigenvalue weighted by Crippen LogP contribution is 2.54. The molecule has 18 heavy (non-hydrogen) atoms. The highest BCUT2D eigenvalue weighted by atomic mass is 32.1. The maximum Gasteiger partial charge on any atom is 0.0352 e. The zero-order chi connectivity index (χ0) is 12.3. The van der Waals surface area contributed by atoms with E-state index in [0.29, 0.717) is 0 Å². The first-order valence-corrected chi connectivity index (χ1v) is 7.13. The lowest BCUT2D eigenvalue weighted by atomic mass is 9.87. The summed E-state index contributed by atoms with van der Waals surface area (Å²) in [6.45, 7) is 4.68. The number of hydrogen-bond acceptors (Lipinski definition) is 1. The van der Waals surface area contributed by atoms with Gasteiger partial charge in [-0.1, -0.05) is 56.3 Å². The summed E-state index contributed by atoms with van der Waals surface area (Å²) in [6.07, 6.45) is 0. The molecule has 0 saturated carbocycles. The summed E-state index contributed by atoms with van der Waals surface area (Å²) in [5.74, 6) is 0. The maximum atomic E-state index is 2.34. The second-order valence-corrected chi connectivity index (χ2v) is 6.53. The van der Waals surface area contributed by atoms with Crippen LogP contribution in [-0.4, -0.2) is 0 Å². The fourth-order valence-corrected chi connectivity index (χ4v) is 4.46. The van der Waals surface area contributed by atoms with E-state index < -0.39 is 0 Å². The van der Waals surface area contributed by atoms with Crippen molar-refractivity contribution in [3.05, 3.63) is 59.0 Å². The third-order valence-corrected chi connectivity index (χ3v) is 5.53. The summed E-state index contributed by atoms with van der Waals surface area (Å²) in [7, 11) is 0. The Hall–Kier alpha value is -1.60. The van der Waals surface area contributed by atoms with Crippen LogP contribution in [-0.2, 0) is 5.41 Å². The van der Waals surface area contributed by atoms with Crippen LogP contribution in [0, 0.1) is 0 Å². The third-order valence-electron chi connectivity index (χ3n) is 4.03. The second-order valence-electron chi connectivity index (χ2n) is 5.47. The number of hydrogen-bond donors (Lipinski definition) is 0. The number of benzene rings is 2. The molecular weight excluding hydrogens is 236 g/mol. The molecule has 0 fully saturated rings. The van der Waals surface area contributed by atoms with Gasteiger partial charge in [0, 0.05) is 25.9 Å². The summed E-state index contributed by atoms with van der Waals surface area (Å²) in [6, 6.07) is 17.6. The van der Waals surface area contributed by atoms with Crippen molar-refractivity contribution in [3.8, 4) is 11.1 Å². The minimum atomic E-state index is 0.148. The van der Waals surface area contributed by atoms with Gasteiger partial charge in [-0.2, -0.15) is 0 Å². The zero-order valence-corrected chi connectivity index (χ0v) is 11.3. The van der Waals surface area contributed by atoms with Crippen LogP contribution in [0.15, 0.2) is 48.5 Å². The molecule has 1 aromatic heterocycles. The minimum absolute atomic E-state index is 0.148. The first-order chi connectivity index (χ1) is 8.69. The van der Waals surface area contributed by atoms with Gasteiger partial charge in [0.25, 0.3) is 0 Å². The Morgan fingerprint density at radius 1 is 0.889 bits per heavy atom. The molecule has 88 valence electrons. The van der Waals surface area contributed by atoms with Gasteiger partial charge in [0.1, 0.15) is 0 Å². The van der Waals surface area contributed by atoms with E-state index in [1.165, 1.54) is 31.7 Å². The minimum Gasteiger partial charge on any atom is -0.139 e. The van der Waals surface area contributed by atoms with Gasteiger partial charge in [-0.25, -0.2) is 0 Å². The molecule has 0 saturated heterocycles. The van der Waals surface area contributed by atoms with Crippen LogP contribution in [0.5, 0.6) is 0 Å². The molecule has 0 spiro atoms. The van der Waals surface area contributed by atoms with Gasteiger partial charge >= 0.3 is 0 Å². The molecule has 0 bridgehead atoms. The van der Waals surface area contributed by atoms with Gasteiger partial charge in [-0.15, -0.1) is 11.3 Å². The predicted octanol–water partition coefficient (Wildman–Crippen LogP) is 5.21. The Labute approximate surface area is 111 Å². The topological polar surface area (TPSA) is 0 Å². The van der Waals surface area contributed by atoms with E-state index in [1.807, 2.05) is 11.3 Å². The highest BCUT2D eigenvalue weighted by Gasteiger charge is 2.37. The number of thiophene rings is 1. The van der Waals surface area contributed by atoms with E-state index in [2.05, 4.69) is 62.4 Å². The molecule has 0 amide bonds. The Balaban J connectivity index is 2.21. The largest absolute Gasteiger partial charge is 0.139 e. The van der Waals surface area contributed by atoms with Gasteiger partial charge < -0.3 is 0 Å². The Bertz CT molecular complexity index is 762. The van der Waals surface area contributed by atoms with Gasteiger partial charge in [0.05, 0.1) is 0 Å². The van der Waals surface area contributed by atoms with Crippen molar-refractivity contribution in [1.82, 2.24) is 0 Å². The van der Waals surface area contributed by atoms with E-state index in [0.717, 1.165) is 0 Å². The van der Waals surface area contributed by atoms with Crippen molar-refractivity contribution in [2.45, 2.75) is 19.3 Å². The van der Waals surface area contributed by atoms with E-state index in [9.17, 15) is 0 Å². The van der Waals surface area contributed by atoms with E-state index in [4.69, 9.17) is 0 Å². The monoisotopic (exact) mass is 250 g/mol. The van der Waals surface area contributed by atoms with Crippen LogP contribution in [0.2, 0.25) is 0 Å². The van der Waals surface area contributed by atoms with Crippen LogP contribution >= 0.6 is 11.3 Å². The zero-order valence-electron chi connectivity index (χ0n) is 10.5. The normalized spacial score (nSPS) is 15.7.